The van der Waals surface area contributed by atoms with E-state index in [0.717, 1.165) is 45.2 Å². The normalized spacial score (nSPS) is 20.9. The van der Waals surface area contributed by atoms with Crippen molar-refractivity contribution in [2.45, 2.75) is 59.0 Å². The summed E-state index contributed by atoms with van der Waals surface area (Å²) in [6.45, 7) is 8.53. The Bertz CT molecular complexity index is 256. The molecule has 106 valence electrons. The van der Waals surface area contributed by atoms with Crippen molar-refractivity contribution >= 4 is 6.03 Å². The minimum atomic E-state index is -0.349. The molecule has 0 aromatic carbocycles. The van der Waals surface area contributed by atoms with Gasteiger partial charge in [0.05, 0.1) is 6.10 Å². The zero-order chi connectivity index (χ0) is 13.6. The first-order chi connectivity index (χ1) is 8.56. The summed E-state index contributed by atoms with van der Waals surface area (Å²) in [7, 11) is 0. The molecule has 18 heavy (non-hydrogen) atoms. The molecule has 1 saturated heterocycles. The van der Waals surface area contributed by atoms with Crippen molar-refractivity contribution in [2.75, 3.05) is 19.6 Å². The standard InChI is InChI=1S/C14H28N2O2/c1-4-14(5-2,6-3)11-15-13(18)16-9-7-8-12(17)10-16/h12,17H,4-11H2,1-3H3,(H,15,18). The lowest BCUT2D eigenvalue weighted by Crippen LogP contribution is -2.49. The molecule has 1 atom stereocenters. The van der Waals surface area contributed by atoms with Gasteiger partial charge in [0, 0.05) is 19.6 Å². The summed E-state index contributed by atoms with van der Waals surface area (Å²) in [5.74, 6) is 0. The van der Waals surface area contributed by atoms with E-state index in [1.807, 2.05) is 0 Å². The average molecular weight is 256 g/mol. The van der Waals surface area contributed by atoms with E-state index < -0.39 is 0 Å². The van der Waals surface area contributed by atoms with E-state index in [9.17, 15) is 9.90 Å². The molecule has 0 bridgehead atoms. The number of urea groups is 1. The maximum atomic E-state index is 12.0. The molecule has 1 aliphatic rings. The number of hydrogen-bond acceptors (Lipinski definition) is 2. The van der Waals surface area contributed by atoms with Crippen molar-refractivity contribution in [3.05, 3.63) is 0 Å². The molecule has 2 N–H and O–H groups in total. The second-order valence-corrected chi connectivity index (χ2v) is 5.46. The van der Waals surface area contributed by atoms with Gasteiger partial charge in [-0.1, -0.05) is 20.8 Å². The van der Waals surface area contributed by atoms with Crippen LogP contribution in [0.2, 0.25) is 0 Å². The van der Waals surface area contributed by atoms with Crippen molar-refractivity contribution in [2.24, 2.45) is 5.41 Å². The van der Waals surface area contributed by atoms with Gasteiger partial charge in [0.25, 0.3) is 0 Å². The number of carbonyl (C=O) groups excluding carboxylic acids is 1. The zero-order valence-corrected chi connectivity index (χ0v) is 12.0. The van der Waals surface area contributed by atoms with Crippen LogP contribution in [0, 0.1) is 5.41 Å². The summed E-state index contributed by atoms with van der Waals surface area (Å²) in [5, 5.41) is 12.6. The van der Waals surface area contributed by atoms with Crippen molar-refractivity contribution in [1.29, 1.82) is 0 Å². The Labute approximate surface area is 111 Å². The molecule has 0 aliphatic carbocycles. The Morgan fingerprint density at radius 1 is 1.33 bits per heavy atom. The number of carbonyl (C=O) groups is 1. The third-order valence-corrected chi connectivity index (χ3v) is 4.55. The first-order valence-electron chi connectivity index (χ1n) is 7.27. The number of aliphatic hydroxyl groups excluding tert-OH is 1. The lowest BCUT2D eigenvalue weighted by Gasteiger charge is -2.34. The minimum absolute atomic E-state index is 0.0199. The fourth-order valence-electron chi connectivity index (χ4n) is 2.64. The SMILES string of the molecule is CCC(CC)(CC)CNC(=O)N1CCCC(O)C1. The van der Waals surface area contributed by atoms with Crippen LogP contribution in [0.1, 0.15) is 52.9 Å². The molecule has 1 unspecified atom stereocenters. The van der Waals surface area contributed by atoms with E-state index in [1.54, 1.807) is 4.90 Å². The monoisotopic (exact) mass is 256 g/mol. The molecule has 1 heterocycles. The second kappa shape index (κ2) is 6.98. The van der Waals surface area contributed by atoms with Crippen LogP contribution < -0.4 is 5.32 Å². The van der Waals surface area contributed by atoms with Crippen LogP contribution in [-0.4, -0.2) is 41.8 Å². The highest BCUT2D eigenvalue weighted by Crippen LogP contribution is 2.29. The molecule has 0 aromatic heterocycles. The van der Waals surface area contributed by atoms with E-state index in [-0.39, 0.29) is 17.6 Å². The number of nitrogens with zero attached hydrogens (tertiary/aromatic N) is 1. The van der Waals surface area contributed by atoms with E-state index in [1.165, 1.54) is 0 Å². The van der Waals surface area contributed by atoms with Gasteiger partial charge in [-0.3, -0.25) is 0 Å². The van der Waals surface area contributed by atoms with Gasteiger partial charge in [0.1, 0.15) is 0 Å². The lowest BCUT2D eigenvalue weighted by atomic mass is 9.80. The highest BCUT2D eigenvalue weighted by atomic mass is 16.3. The highest BCUT2D eigenvalue weighted by Gasteiger charge is 2.27. The van der Waals surface area contributed by atoms with Crippen LogP contribution in [0.3, 0.4) is 0 Å². The number of rotatable bonds is 5. The Kier molecular flexibility index (Phi) is 5.93. The van der Waals surface area contributed by atoms with Crippen LogP contribution in [0.5, 0.6) is 0 Å². The molecule has 0 radical (unpaired) electrons. The maximum absolute atomic E-state index is 12.0. The van der Waals surface area contributed by atoms with Crippen molar-refractivity contribution in [3.63, 3.8) is 0 Å². The van der Waals surface area contributed by atoms with Gasteiger partial charge in [-0.05, 0) is 37.5 Å². The number of hydrogen-bond donors (Lipinski definition) is 2. The molecule has 1 aliphatic heterocycles. The quantitative estimate of drug-likeness (QED) is 0.793. The van der Waals surface area contributed by atoms with Gasteiger partial charge >= 0.3 is 6.03 Å². The molecular weight excluding hydrogens is 228 g/mol. The average Bonchev–Trinajstić information content (AvgIpc) is 2.40. The Morgan fingerprint density at radius 3 is 2.44 bits per heavy atom. The number of nitrogens with one attached hydrogen (secondary N) is 1. The van der Waals surface area contributed by atoms with Gasteiger partial charge in [-0.15, -0.1) is 0 Å². The van der Waals surface area contributed by atoms with Gasteiger partial charge in [-0.25, -0.2) is 4.79 Å². The number of likely N-dealkylation sites (tertiary alicyclic amines) is 1. The Morgan fingerprint density at radius 2 is 1.94 bits per heavy atom. The third-order valence-electron chi connectivity index (χ3n) is 4.55. The Hall–Kier alpha value is -0.770. The van der Waals surface area contributed by atoms with Crippen molar-refractivity contribution < 1.29 is 9.90 Å². The fourth-order valence-corrected chi connectivity index (χ4v) is 2.64. The number of β-amino-alcohol motifs (C(OH)–C–C–N with tert-alkyl or cyclic N) is 1. The number of piperidine rings is 1. The molecule has 0 spiro atoms. The molecule has 0 saturated carbocycles. The summed E-state index contributed by atoms with van der Waals surface area (Å²) < 4.78 is 0. The lowest BCUT2D eigenvalue weighted by molar-refractivity contribution is 0.0826. The summed E-state index contributed by atoms with van der Waals surface area (Å²) in [6.07, 6.45) is 4.62. The predicted octanol–water partition coefficient (Wildman–Crippen LogP) is 2.37. The minimum Gasteiger partial charge on any atom is -0.391 e. The molecule has 1 fully saturated rings. The maximum Gasteiger partial charge on any atom is 0.317 e. The van der Waals surface area contributed by atoms with Crippen molar-refractivity contribution in [1.82, 2.24) is 10.2 Å². The van der Waals surface area contributed by atoms with Crippen LogP contribution >= 0.6 is 0 Å². The zero-order valence-electron chi connectivity index (χ0n) is 12.0. The largest absolute Gasteiger partial charge is 0.391 e. The smallest absolute Gasteiger partial charge is 0.317 e. The molecular formula is C14H28N2O2. The first kappa shape index (κ1) is 15.3. The third kappa shape index (κ3) is 3.87. The summed E-state index contributed by atoms with van der Waals surface area (Å²) in [4.78, 5) is 13.8. The molecule has 4 heteroatoms. The van der Waals surface area contributed by atoms with E-state index >= 15 is 0 Å². The summed E-state index contributed by atoms with van der Waals surface area (Å²) in [5.41, 5.74) is 0.226. The Balaban J connectivity index is 2.44. The molecule has 2 amide bonds. The fraction of sp³-hybridized carbons (Fsp3) is 0.929. The molecule has 1 rings (SSSR count). The van der Waals surface area contributed by atoms with Gasteiger partial charge in [0.15, 0.2) is 0 Å². The van der Waals surface area contributed by atoms with Crippen LogP contribution in [0.4, 0.5) is 4.79 Å². The van der Waals surface area contributed by atoms with E-state index in [0.29, 0.717) is 6.54 Å². The molecule has 0 aromatic rings. The van der Waals surface area contributed by atoms with Gasteiger partial charge in [0.2, 0.25) is 0 Å². The molecule has 4 nitrogen and oxygen atoms in total. The predicted molar refractivity (Wildman–Crippen MR) is 73.5 cm³/mol. The van der Waals surface area contributed by atoms with E-state index in [4.69, 9.17) is 0 Å². The van der Waals surface area contributed by atoms with E-state index in [2.05, 4.69) is 26.1 Å². The van der Waals surface area contributed by atoms with Crippen LogP contribution in [-0.2, 0) is 0 Å². The highest BCUT2D eigenvalue weighted by molar-refractivity contribution is 5.74. The first-order valence-corrected chi connectivity index (χ1v) is 7.27. The topological polar surface area (TPSA) is 52.6 Å². The van der Waals surface area contributed by atoms with Crippen LogP contribution in [0.15, 0.2) is 0 Å². The number of amides is 2. The summed E-state index contributed by atoms with van der Waals surface area (Å²) in [6, 6.07) is -0.0199. The van der Waals surface area contributed by atoms with Gasteiger partial charge in [-0.2, -0.15) is 0 Å². The summed E-state index contributed by atoms with van der Waals surface area (Å²) >= 11 is 0. The van der Waals surface area contributed by atoms with Gasteiger partial charge < -0.3 is 15.3 Å². The van der Waals surface area contributed by atoms with Crippen molar-refractivity contribution in [3.8, 4) is 0 Å². The number of aliphatic hydroxyl groups is 1. The van der Waals surface area contributed by atoms with Crippen LogP contribution in [0.25, 0.3) is 0 Å². The second-order valence-electron chi connectivity index (χ2n) is 5.46.